The Hall–Kier alpha value is -8.76. The number of aryl methyl sites for hydroxylation is 2. The predicted octanol–water partition coefficient (Wildman–Crippen LogP) is 17.0. The van der Waals surface area contributed by atoms with E-state index in [1.165, 1.54) is 43.1 Å². The summed E-state index contributed by atoms with van der Waals surface area (Å²) in [5, 5.41) is 23.4. The average molecular weight is 1620 g/mol. The number of alkyl carbamates (subject to hydrolysis) is 1. The molecule has 0 aliphatic heterocycles. The molecule has 646 valence electrons. The lowest BCUT2D eigenvalue weighted by Crippen LogP contribution is -2.55. The van der Waals surface area contributed by atoms with Gasteiger partial charge in [0.15, 0.2) is 11.6 Å². The molecule has 23 heteroatoms. The molecule has 23 nitrogen and oxygen atoms in total. The van der Waals surface area contributed by atoms with Gasteiger partial charge in [-0.2, -0.15) is 4.99 Å². The molecule has 0 fully saturated rings. The number of carbonyl (C=O) groups is 10. The van der Waals surface area contributed by atoms with Gasteiger partial charge in [0, 0.05) is 50.0 Å². The van der Waals surface area contributed by atoms with Crippen molar-refractivity contribution in [2.24, 2.45) is 28.5 Å². The normalized spacial score (nSPS) is 14.0. The summed E-state index contributed by atoms with van der Waals surface area (Å²) >= 11 is 0. The highest BCUT2D eigenvalue weighted by atomic mass is 16.6. The number of carbonyl (C=O) groups excluding carboxylic acids is 10. The Morgan fingerprint density at radius 3 is 1.26 bits per heavy atom. The molecule has 5 amide bonds. The number of benzene rings is 4. The van der Waals surface area contributed by atoms with E-state index < -0.39 is 119 Å². The van der Waals surface area contributed by atoms with Gasteiger partial charge in [-0.05, 0) is 204 Å². The summed E-state index contributed by atoms with van der Waals surface area (Å²) in [4.78, 5) is 144. The van der Waals surface area contributed by atoms with Gasteiger partial charge in [0.05, 0.1) is 42.2 Å². The number of amides is 5. The minimum atomic E-state index is -1.11. The van der Waals surface area contributed by atoms with E-state index in [0.29, 0.717) is 63.6 Å². The Labute approximate surface area is 693 Å². The lowest BCUT2D eigenvalue weighted by molar-refractivity contribution is -0.146. The zero-order valence-corrected chi connectivity index (χ0v) is 73.5. The minimum Gasteiger partial charge on any atom is -0.480 e. The number of carboxylic acid groups (broad SMARTS) is 1. The van der Waals surface area contributed by atoms with Crippen LogP contribution in [0, 0.1) is 17.8 Å². The zero-order chi connectivity index (χ0) is 87.1. The van der Waals surface area contributed by atoms with E-state index in [2.05, 4.69) is 94.0 Å². The predicted molar refractivity (Wildman–Crippen MR) is 460 cm³/mol. The van der Waals surface area contributed by atoms with E-state index in [-0.39, 0.29) is 49.5 Å². The van der Waals surface area contributed by atoms with Gasteiger partial charge >= 0.3 is 18.0 Å². The maximum atomic E-state index is 13.9. The number of aliphatic imine (C=N–C) groups is 1. The van der Waals surface area contributed by atoms with Gasteiger partial charge in [-0.25, -0.2) is 19.2 Å². The molecule has 4 rings (SSSR count). The number of isocyanates is 1. The third-order valence-electron chi connectivity index (χ3n) is 19.6. The fraction of sp³-hybridized carbons (Fsp3) is 0.624. The minimum absolute atomic E-state index is 0.0385. The van der Waals surface area contributed by atoms with Gasteiger partial charge in [0.2, 0.25) is 29.7 Å². The number of aliphatic carboxylic acids is 1. The third-order valence-corrected chi connectivity index (χ3v) is 19.6. The van der Waals surface area contributed by atoms with E-state index in [1.54, 1.807) is 54.5 Å². The first-order valence-electron chi connectivity index (χ1n) is 42.4. The fourth-order valence-electron chi connectivity index (χ4n) is 13.1. The quantitative estimate of drug-likeness (QED) is 0.00934. The number of hydrogen-bond donors (Lipinski definition) is 7. The van der Waals surface area contributed by atoms with E-state index in [0.717, 1.165) is 80.0 Å². The Bertz CT molecular complexity index is 3650. The van der Waals surface area contributed by atoms with Crippen LogP contribution < -0.4 is 32.3 Å². The number of rotatable bonds is 50. The summed E-state index contributed by atoms with van der Waals surface area (Å²) in [6.07, 6.45) is 15.5. The highest BCUT2D eigenvalue weighted by Gasteiger charge is 2.38. The molecule has 0 aliphatic carbocycles. The van der Waals surface area contributed by atoms with E-state index in [4.69, 9.17) is 24.7 Å². The Balaban J connectivity index is 0.000000651. The smallest absolute Gasteiger partial charge is 0.407 e. The largest absolute Gasteiger partial charge is 0.480 e. The number of esters is 1. The summed E-state index contributed by atoms with van der Waals surface area (Å²) in [7, 11) is 1.24. The number of nitrogens with two attached hydrogens (primary N) is 1. The van der Waals surface area contributed by atoms with Crippen molar-refractivity contribution >= 4 is 70.8 Å². The first-order valence-corrected chi connectivity index (χ1v) is 42.4. The summed E-state index contributed by atoms with van der Waals surface area (Å²) in [6, 6.07) is 28.0. The molecule has 0 saturated heterocycles. The topological polar surface area (TPSA) is 343 Å². The molecule has 0 aliphatic rings. The number of ether oxygens (including phenoxy) is 4. The zero-order valence-electron chi connectivity index (χ0n) is 73.5. The fourth-order valence-corrected chi connectivity index (χ4v) is 13.1. The highest BCUT2D eigenvalue weighted by molar-refractivity contribution is 5.96. The van der Waals surface area contributed by atoms with Gasteiger partial charge in [0.1, 0.15) is 35.6 Å². The molecule has 0 heterocycles. The van der Waals surface area contributed by atoms with Crippen LogP contribution in [-0.2, 0) is 86.2 Å². The molecule has 0 bridgehead atoms. The van der Waals surface area contributed by atoms with Crippen molar-refractivity contribution < 1.29 is 76.8 Å². The first-order chi connectivity index (χ1) is 54.8. The van der Waals surface area contributed by atoms with Gasteiger partial charge in [-0.3, -0.25) is 33.6 Å². The number of unbranched alkanes of at least 4 members (excludes halogenated alkanes) is 7. The summed E-state index contributed by atoms with van der Waals surface area (Å²) < 4.78 is 22.2. The van der Waals surface area contributed by atoms with Gasteiger partial charge in [-0.15, -0.1) is 0 Å². The number of ketones is 3. The lowest BCUT2D eigenvalue weighted by Gasteiger charge is -2.32. The second kappa shape index (κ2) is 55.0. The molecule has 116 heavy (non-hydrogen) atoms. The molecule has 4 aromatic carbocycles. The van der Waals surface area contributed by atoms with Crippen molar-refractivity contribution in [2.45, 2.75) is 344 Å². The van der Waals surface area contributed by atoms with Crippen molar-refractivity contribution in [2.75, 3.05) is 13.7 Å². The standard InChI is InChI=1S/C45H68N2O7.C31H58N4O8.C17H17NO/c1-9-13-16-19-39(44(52)53)46-42(50)34(12-4)30-40(49)41(31(5)54-45(6,7)8)47-43(51)37(18-15-11-3)29-38(48)28-33-22-26-36(27-23-33)35-24-20-32(21-25-35)17-14-10-2;1-11-13-16-22(32)27(38)35-25(20(3)42-30(4,5)6)24(36)19-21(12-2)26(37)34-23(28(39)41-10)17-14-15-18-33-29(40)43-31(7,8)9;1-2-3-4-14-5-7-15(8-6-14)16-9-11-17(12-10-16)18-13-19/h20-27,31,34,37,39,41H,9-19,28-30H2,1-8H3,(H,46,50)(H,47,51)(H,52,53);20-23,25H,11-19,32H2,1-10H3,(H,33,40)(H,34,37)(H,35,38);5-12H,2-4H2,1H3/t31-,34-,37-,39+,41+;20-,21-,22+,23+,25+;/m11./s1. The van der Waals surface area contributed by atoms with Crippen LogP contribution in [0.15, 0.2) is 102 Å². The number of carboxylic acids is 1. The molecule has 8 N–H and O–H groups in total. The van der Waals surface area contributed by atoms with Crippen LogP contribution in [0.2, 0.25) is 0 Å². The van der Waals surface area contributed by atoms with Crippen LogP contribution in [0.4, 0.5) is 10.5 Å². The van der Waals surface area contributed by atoms with Crippen molar-refractivity contribution in [3.8, 4) is 22.3 Å². The second-order valence-corrected chi connectivity index (χ2v) is 33.4. The van der Waals surface area contributed by atoms with Crippen LogP contribution in [-0.4, -0.2) is 143 Å². The summed E-state index contributed by atoms with van der Waals surface area (Å²) in [5.74, 6) is -6.47. The molecule has 0 radical (unpaired) electrons. The van der Waals surface area contributed by atoms with Crippen molar-refractivity contribution in [1.29, 1.82) is 0 Å². The number of Topliss-reactive ketones (excluding diaryl/α,β-unsaturated/α-hetero) is 3. The maximum Gasteiger partial charge on any atom is 0.407 e. The number of nitrogens with one attached hydrogen (secondary N) is 5. The number of methoxy groups -OCH3 is 1. The molecule has 10 atom stereocenters. The summed E-state index contributed by atoms with van der Waals surface area (Å²) in [5.41, 5.74) is 13.0. The SMILES string of the molecule is CCCCC[C@H](NC(=O)[C@H](CC)CC(=O)[C@@H](NC(=O)[C@H](CCCC)CC(=O)Cc1ccc(-c2ccc(CCCC)cc2)cc1)[C@@H](C)OC(C)(C)C)C(=O)O.CCCC[C@H](N)C(=O)N[C@H](C(=O)C[C@@H](CC)C(=O)N[C@@H](CCCCNC(=O)OC(C)(C)C)C(=O)OC)[C@@H](C)OC(C)(C)C.CCCCc1ccc(-c2ccc(N=C=O)cc2)cc1. The van der Waals surface area contributed by atoms with Crippen molar-refractivity contribution in [1.82, 2.24) is 26.6 Å². The Kier molecular flexibility index (Phi) is 49.0. The molecular weight excluding hydrogens is 1470 g/mol. The molecular formula is C93H143N7O16. The van der Waals surface area contributed by atoms with E-state index in [1.807, 2.05) is 111 Å². The average Bonchev–Trinajstić information content (AvgIpc) is 0.851. The Morgan fingerprint density at radius 2 is 0.853 bits per heavy atom. The maximum absolute atomic E-state index is 13.9. The van der Waals surface area contributed by atoms with E-state index >= 15 is 0 Å². The van der Waals surface area contributed by atoms with Crippen molar-refractivity contribution in [3.63, 3.8) is 0 Å². The molecule has 0 unspecified atom stereocenters. The van der Waals surface area contributed by atoms with Crippen LogP contribution in [0.3, 0.4) is 0 Å². The highest BCUT2D eigenvalue weighted by Crippen LogP contribution is 2.27. The first kappa shape index (κ1) is 103. The van der Waals surface area contributed by atoms with Gasteiger partial charge in [0.25, 0.3) is 0 Å². The van der Waals surface area contributed by atoms with Gasteiger partial charge < -0.3 is 56.4 Å². The van der Waals surface area contributed by atoms with E-state index in [9.17, 15) is 57.8 Å². The van der Waals surface area contributed by atoms with Crippen LogP contribution in [0.25, 0.3) is 22.3 Å². The lowest BCUT2D eigenvalue weighted by atomic mass is 9.90. The summed E-state index contributed by atoms with van der Waals surface area (Å²) in [6.45, 7) is 34.2. The monoisotopic (exact) mass is 1610 g/mol. The number of hydrogen-bond acceptors (Lipinski definition) is 17. The van der Waals surface area contributed by atoms with Crippen LogP contribution in [0.1, 0.15) is 283 Å². The molecule has 0 aromatic heterocycles. The second-order valence-electron chi connectivity index (χ2n) is 33.4. The Morgan fingerprint density at radius 1 is 0.457 bits per heavy atom. The van der Waals surface area contributed by atoms with Gasteiger partial charge in [-0.1, -0.05) is 191 Å². The molecule has 0 spiro atoms. The van der Waals surface area contributed by atoms with Crippen LogP contribution in [0.5, 0.6) is 0 Å². The molecule has 4 aromatic rings. The van der Waals surface area contributed by atoms with Crippen LogP contribution >= 0.6 is 0 Å². The number of nitrogens with zero attached hydrogens (tertiary/aromatic N) is 1. The van der Waals surface area contributed by atoms with Crippen molar-refractivity contribution in [3.05, 3.63) is 114 Å². The molecule has 0 saturated carbocycles. The third kappa shape index (κ3) is 42.4.